The zero-order valence-electron chi connectivity index (χ0n) is 18.7. The highest BCUT2D eigenvalue weighted by Crippen LogP contribution is 2.34. The fraction of sp³-hybridized carbons (Fsp3) is 0.111. The van der Waals surface area contributed by atoms with Crippen molar-refractivity contribution < 1.29 is 9.59 Å². The Kier molecular flexibility index (Phi) is 6.32. The van der Waals surface area contributed by atoms with Crippen LogP contribution in [0.3, 0.4) is 0 Å². The molecule has 2 amide bonds. The van der Waals surface area contributed by atoms with Crippen molar-refractivity contribution in [2.45, 2.75) is 13.3 Å². The Morgan fingerprint density at radius 2 is 1.63 bits per heavy atom. The van der Waals surface area contributed by atoms with Crippen LogP contribution in [0.4, 0.5) is 11.4 Å². The van der Waals surface area contributed by atoms with E-state index in [0.29, 0.717) is 29.2 Å². The topological polar surface area (TPSA) is 54.3 Å². The number of fused-ring (bicyclic) bond motifs is 3. The zero-order chi connectivity index (χ0) is 24.7. The molecule has 0 unspecified atom stereocenters. The van der Waals surface area contributed by atoms with Crippen molar-refractivity contribution in [3.63, 3.8) is 0 Å². The average molecular weight is 525 g/mol. The van der Waals surface area contributed by atoms with Gasteiger partial charge in [-0.25, -0.2) is 0 Å². The number of hydrogen-bond acceptors (Lipinski definition) is 2. The molecule has 1 N–H and O–H groups in total. The Labute approximate surface area is 217 Å². The molecule has 1 aliphatic rings. The van der Waals surface area contributed by atoms with Gasteiger partial charge in [0.05, 0.1) is 32.7 Å². The Morgan fingerprint density at radius 3 is 2.40 bits per heavy atom. The van der Waals surface area contributed by atoms with E-state index in [4.69, 9.17) is 34.8 Å². The second-order valence-corrected chi connectivity index (χ2v) is 9.54. The zero-order valence-corrected chi connectivity index (χ0v) is 21.0. The summed E-state index contributed by atoms with van der Waals surface area (Å²) in [5, 5.41) is 3.74. The van der Waals surface area contributed by atoms with Gasteiger partial charge in [0.2, 0.25) is 0 Å². The Balaban J connectivity index is 1.45. The first kappa shape index (κ1) is 23.5. The van der Waals surface area contributed by atoms with E-state index in [2.05, 4.69) is 16.0 Å². The predicted octanol–water partition coefficient (Wildman–Crippen LogP) is 7.20. The predicted molar refractivity (Wildman–Crippen MR) is 142 cm³/mol. The standard InChI is InChI=1S/C27H20Cl3N3O2/c1-16-13-17(28)8-9-19(16)26(34)31-23-15-21(29)20(14-22(23)30)27(35)33-12-10-18-5-4-11-32(18)24-6-2-3-7-25(24)33/h2-9,11,13-15H,10,12H2,1H3,(H,31,34). The molecule has 5 nitrogen and oxygen atoms in total. The van der Waals surface area contributed by atoms with Gasteiger partial charge in [-0.2, -0.15) is 0 Å². The third-order valence-corrected chi connectivity index (χ3v) is 6.93. The van der Waals surface area contributed by atoms with Crippen LogP contribution < -0.4 is 10.2 Å². The van der Waals surface area contributed by atoms with Crippen molar-refractivity contribution in [1.82, 2.24) is 4.57 Å². The maximum Gasteiger partial charge on any atom is 0.259 e. The third kappa shape index (κ3) is 4.43. The van der Waals surface area contributed by atoms with Crippen LogP contribution in [0.25, 0.3) is 5.69 Å². The van der Waals surface area contributed by atoms with E-state index in [1.54, 1.807) is 30.0 Å². The van der Waals surface area contributed by atoms with Gasteiger partial charge in [0.25, 0.3) is 11.8 Å². The van der Waals surface area contributed by atoms with Crippen molar-refractivity contribution in [2.24, 2.45) is 0 Å². The number of carbonyl (C=O) groups excluding carboxylic acids is 2. The van der Waals surface area contributed by atoms with E-state index in [1.165, 1.54) is 12.1 Å². The molecule has 4 aromatic rings. The quantitative estimate of drug-likeness (QED) is 0.308. The molecule has 2 heterocycles. The summed E-state index contributed by atoms with van der Waals surface area (Å²) in [5.41, 5.74) is 4.60. The van der Waals surface area contributed by atoms with E-state index in [-0.39, 0.29) is 27.4 Å². The minimum atomic E-state index is -0.348. The molecule has 0 spiro atoms. The first-order valence-corrected chi connectivity index (χ1v) is 12.1. The van der Waals surface area contributed by atoms with Gasteiger partial charge in [-0.05, 0) is 67.1 Å². The highest BCUT2D eigenvalue weighted by molar-refractivity contribution is 6.38. The summed E-state index contributed by atoms with van der Waals surface area (Å²) in [6, 6.07) is 19.8. The summed E-state index contributed by atoms with van der Waals surface area (Å²) < 4.78 is 2.09. The molecule has 0 fully saturated rings. The molecular formula is C27H20Cl3N3O2. The summed E-state index contributed by atoms with van der Waals surface area (Å²) >= 11 is 19.0. The summed E-state index contributed by atoms with van der Waals surface area (Å²) in [4.78, 5) is 28.2. The van der Waals surface area contributed by atoms with Crippen molar-refractivity contribution in [3.05, 3.63) is 110 Å². The maximum absolute atomic E-state index is 13.7. The number of para-hydroxylation sites is 2. The molecule has 0 bridgehead atoms. The SMILES string of the molecule is Cc1cc(Cl)ccc1C(=O)Nc1cc(Cl)c(C(=O)N2CCc3cccn3-c3ccccc32)cc1Cl. The second kappa shape index (κ2) is 9.42. The number of amides is 2. The molecule has 1 aliphatic heterocycles. The molecule has 176 valence electrons. The molecule has 0 atom stereocenters. The van der Waals surface area contributed by atoms with E-state index < -0.39 is 0 Å². The minimum Gasteiger partial charge on any atom is -0.321 e. The minimum absolute atomic E-state index is 0.198. The lowest BCUT2D eigenvalue weighted by Gasteiger charge is -2.24. The van der Waals surface area contributed by atoms with Crippen molar-refractivity contribution in [1.29, 1.82) is 0 Å². The van der Waals surface area contributed by atoms with Gasteiger partial charge in [-0.15, -0.1) is 0 Å². The van der Waals surface area contributed by atoms with Crippen LogP contribution in [0.2, 0.25) is 15.1 Å². The van der Waals surface area contributed by atoms with Crippen LogP contribution in [0.1, 0.15) is 32.0 Å². The molecule has 3 aromatic carbocycles. The number of aryl methyl sites for hydroxylation is 1. The van der Waals surface area contributed by atoms with Gasteiger partial charge in [0.15, 0.2) is 0 Å². The van der Waals surface area contributed by atoms with E-state index >= 15 is 0 Å². The van der Waals surface area contributed by atoms with E-state index in [1.807, 2.05) is 36.5 Å². The van der Waals surface area contributed by atoms with Crippen LogP contribution in [-0.2, 0) is 6.42 Å². The lowest BCUT2D eigenvalue weighted by Crippen LogP contribution is -2.32. The van der Waals surface area contributed by atoms with Crippen LogP contribution in [0.5, 0.6) is 0 Å². The van der Waals surface area contributed by atoms with E-state index in [9.17, 15) is 9.59 Å². The van der Waals surface area contributed by atoms with Crippen molar-refractivity contribution >= 4 is 58.0 Å². The highest BCUT2D eigenvalue weighted by atomic mass is 35.5. The van der Waals surface area contributed by atoms with Crippen LogP contribution in [0, 0.1) is 6.92 Å². The molecule has 0 saturated heterocycles. The fourth-order valence-electron chi connectivity index (χ4n) is 4.33. The normalized spacial score (nSPS) is 12.5. The van der Waals surface area contributed by atoms with Gasteiger partial charge >= 0.3 is 0 Å². The number of hydrogen-bond donors (Lipinski definition) is 1. The Bertz CT molecular complexity index is 1480. The molecule has 0 radical (unpaired) electrons. The molecule has 35 heavy (non-hydrogen) atoms. The first-order valence-electron chi connectivity index (χ1n) is 11.0. The number of carbonyl (C=O) groups is 2. The molecular weight excluding hydrogens is 505 g/mol. The Hall–Kier alpha value is -3.25. The van der Waals surface area contributed by atoms with Crippen LogP contribution in [0.15, 0.2) is 72.9 Å². The van der Waals surface area contributed by atoms with Gasteiger partial charge in [0.1, 0.15) is 0 Å². The number of aromatic nitrogens is 1. The van der Waals surface area contributed by atoms with Crippen molar-refractivity contribution in [3.8, 4) is 5.69 Å². The second-order valence-electron chi connectivity index (χ2n) is 8.29. The average Bonchev–Trinajstić information content (AvgIpc) is 3.24. The smallest absolute Gasteiger partial charge is 0.259 e. The number of anilines is 2. The summed E-state index contributed by atoms with van der Waals surface area (Å²) in [5.74, 6) is -0.610. The number of halogens is 3. The summed E-state index contributed by atoms with van der Waals surface area (Å²) in [7, 11) is 0. The molecule has 5 rings (SSSR count). The molecule has 1 aromatic heterocycles. The number of benzene rings is 3. The largest absolute Gasteiger partial charge is 0.321 e. The number of nitrogens with one attached hydrogen (secondary N) is 1. The van der Waals surface area contributed by atoms with Crippen LogP contribution >= 0.6 is 34.8 Å². The molecule has 0 aliphatic carbocycles. The molecule has 8 heteroatoms. The van der Waals surface area contributed by atoms with Gasteiger partial charge < -0.3 is 14.8 Å². The first-order chi connectivity index (χ1) is 16.8. The molecule has 0 saturated carbocycles. The lowest BCUT2D eigenvalue weighted by atomic mass is 10.1. The fourth-order valence-corrected chi connectivity index (χ4v) is 5.01. The van der Waals surface area contributed by atoms with Crippen molar-refractivity contribution in [2.75, 3.05) is 16.8 Å². The van der Waals surface area contributed by atoms with Gasteiger partial charge in [0, 0.05) is 35.4 Å². The van der Waals surface area contributed by atoms with Gasteiger partial charge in [-0.1, -0.05) is 46.9 Å². The van der Waals surface area contributed by atoms with Gasteiger partial charge in [-0.3, -0.25) is 9.59 Å². The van der Waals surface area contributed by atoms with E-state index in [0.717, 1.165) is 22.6 Å². The summed E-state index contributed by atoms with van der Waals surface area (Å²) in [6.07, 6.45) is 2.68. The highest BCUT2D eigenvalue weighted by Gasteiger charge is 2.27. The van der Waals surface area contributed by atoms with Crippen LogP contribution in [-0.4, -0.2) is 22.9 Å². The third-order valence-electron chi connectivity index (χ3n) is 6.07. The Morgan fingerprint density at radius 1 is 0.857 bits per heavy atom. The monoisotopic (exact) mass is 523 g/mol. The number of rotatable bonds is 3. The number of nitrogens with zero attached hydrogens (tertiary/aromatic N) is 2. The summed E-state index contributed by atoms with van der Waals surface area (Å²) in [6.45, 7) is 2.29. The maximum atomic E-state index is 13.7. The lowest BCUT2D eigenvalue weighted by molar-refractivity contribution is 0.0986.